The summed E-state index contributed by atoms with van der Waals surface area (Å²) in [5.41, 5.74) is 0. The number of aliphatic hydroxyl groups excluding tert-OH is 1. The van der Waals surface area contributed by atoms with Gasteiger partial charge in [0.05, 0.1) is 25.9 Å². The van der Waals surface area contributed by atoms with Crippen molar-refractivity contribution in [3.05, 3.63) is 0 Å². The van der Waals surface area contributed by atoms with E-state index in [4.69, 9.17) is 9.47 Å². The molecule has 1 saturated heterocycles. The quantitative estimate of drug-likeness (QED) is 0.541. The molecule has 5 heteroatoms. The minimum Gasteiger partial charge on any atom is -0.389 e. The number of rotatable bonds is 11. The molecule has 118 valence electrons. The van der Waals surface area contributed by atoms with Crippen molar-refractivity contribution in [2.45, 2.75) is 38.3 Å². The molecule has 2 atom stereocenters. The van der Waals surface area contributed by atoms with Gasteiger partial charge in [-0.15, -0.1) is 0 Å². The van der Waals surface area contributed by atoms with Gasteiger partial charge in [-0.05, 0) is 45.2 Å². The van der Waals surface area contributed by atoms with Gasteiger partial charge >= 0.3 is 0 Å². The number of nitrogens with zero attached hydrogens (tertiary/aromatic N) is 1. The third kappa shape index (κ3) is 6.06. The zero-order valence-electron chi connectivity index (χ0n) is 12.7. The van der Waals surface area contributed by atoms with Crippen LogP contribution in [0.2, 0.25) is 0 Å². The average Bonchev–Trinajstić information content (AvgIpc) is 3.19. The highest BCUT2D eigenvalue weighted by molar-refractivity contribution is 4.89. The zero-order valence-corrected chi connectivity index (χ0v) is 12.7. The molecular weight excluding hydrogens is 256 g/mol. The summed E-state index contributed by atoms with van der Waals surface area (Å²) in [4.78, 5) is 2.62. The Morgan fingerprint density at radius 2 is 2.05 bits per heavy atom. The second-order valence-electron chi connectivity index (χ2n) is 5.96. The molecule has 2 unspecified atom stereocenters. The molecule has 2 fully saturated rings. The Labute approximate surface area is 122 Å². The lowest BCUT2D eigenvalue weighted by Gasteiger charge is -2.16. The molecule has 0 aromatic heterocycles. The van der Waals surface area contributed by atoms with E-state index in [1.165, 1.54) is 32.4 Å². The lowest BCUT2D eigenvalue weighted by atomic mass is 10.1. The van der Waals surface area contributed by atoms with E-state index < -0.39 is 6.10 Å². The van der Waals surface area contributed by atoms with Crippen LogP contribution in [0.3, 0.4) is 0 Å². The van der Waals surface area contributed by atoms with E-state index in [-0.39, 0.29) is 0 Å². The standard InChI is InChI=1S/C15H30N2O3/c1-2-19-7-8-20-12-15(18)10-16-9-13-5-6-17(11-13)14-3-4-14/h13-16,18H,2-12H2,1H3. The SMILES string of the molecule is CCOCCOCC(O)CNCC1CCN(C2CC2)C1. The minimum absolute atomic E-state index is 0.388. The summed E-state index contributed by atoms with van der Waals surface area (Å²) in [6.07, 6.45) is 3.68. The van der Waals surface area contributed by atoms with Crippen molar-refractivity contribution in [3.8, 4) is 0 Å². The van der Waals surface area contributed by atoms with E-state index in [0.717, 1.165) is 18.5 Å². The van der Waals surface area contributed by atoms with Gasteiger partial charge in [0, 0.05) is 25.7 Å². The molecular formula is C15H30N2O3. The number of hydrogen-bond acceptors (Lipinski definition) is 5. The topological polar surface area (TPSA) is 54.0 Å². The van der Waals surface area contributed by atoms with Gasteiger partial charge in [0.1, 0.15) is 0 Å². The van der Waals surface area contributed by atoms with E-state index in [9.17, 15) is 5.11 Å². The van der Waals surface area contributed by atoms with Gasteiger partial charge in [0.2, 0.25) is 0 Å². The maximum Gasteiger partial charge on any atom is 0.0897 e. The maximum atomic E-state index is 9.79. The van der Waals surface area contributed by atoms with Crippen LogP contribution in [-0.2, 0) is 9.47 Å². The van der Waals surface area contributed by atoms with Gasteiger partial charge in [0.25, 0.3) is 0 Å². The summed E-state index contributed by atoms with van der Waals surface area (Å²) in [5.74, 6) is 0.752. The van der Waals surface area contributed by atoms with Crippen LogP contribution in [0.5, 0.6) is 0 Å². The Balaban J connectivity index is 1.42. The smallest absolute Gasteiger partial charge is 0.0897 e. The van der Waals surface area contributed by atoms with Crippen LogP contribution in [0.25, 0.3) is 0 Å². The minimum atomic E-state index is -0.419. The number of ether oxygens (including phenoxy) is 2. The first kappa shape index (κ1) is 16.2. The average molecular weight is 286 g/mol. The van der Waals surface area contributed by atoms with Crippen LogP contribution in [0.1, 0.15) is 26.2 Å². The first-order valence-electron chi connectivity index (χ1n) is 8.08. The summed E-state index contributed by atoms with van der Waals surface area (Å²) >= 11 is 0. The molecule has 2 aliphatic rings. The fourth-order valence-electron chi connectivity index (χ4n) is 2.80. The summed E-state index contributed by atoms with van der Waals surface area (Å²) < 4.78 is 10.5. The second-order valence-corrected chi connectivity index (χ2v) is 5.96. The maximum absolute atomic E-state index is 9.79. The van der Waals surface area contributed by atoms with E-state index in [2.05, 4.69) is 10.2 Å². The second kappa shape index (κ2) is 8.95. The molecule has 1 aliphatic heterocycles. The molecule has 1 saturated carbocycles. The van der Waals surface area contributed by atoms with Crippen LogP contribution in [0, 0.1) is 5.92 Å². The highest BCUT2D eigenvalue weighted by Crippen LogP contribution is 2.31. The predicted octanol–water partition coefficient (Wildman–Crippen LogP) is 0.474. The van der Waals surface area contributed by atoms with Gasteiger partial charge in [-0.25, -0.2) is 0 Å². The molecule has 0 aromatic rings. The van der Waals surface area contributed by atoms with Crippen molar-refractivity contribution >= 4 is 0 Å². The zero-order chi connectivity index (χ0) is 14.2. The van der Waals surface area contributed by atoms with Crippen LogP contribution in [-0.4, -0.2) is 74.8 Å². The molecule has 1 aliphatic carbocycles. The first-order chi connectivity index (χ1) is 9.79. The van der Waals surface area contributed by atoms with E-state index in [0.29, 0.717) is 33.0 Å². The molecule has 1 heterocycles. The van der Waals surface area contributed by atoms with Crippen LogP contribution in [0.4, 0.5) is 0 Å². The Hall–Kier alpha value is -0.200. The summed E-state index contributed by atoms with van der Waals surface area (Å²) in [6.45, 7) is 8.37. The van der Waals surface area contributed by atoms with Crippen molar-refractivity contribution in [2.24, 2.45) is 5.92 Å². The molecule has 2 rings (SSSR count). The fraction of sp³-hybridized carbons (Fsp3) is 1.00. The van der Waals surface area contributed by atoms with Gasteiger partial charge < -0.3 is 24.8 Å². The van der Waals surface area contributed by atoms with E-state index >= 15 is 0 Å². The number of nitrogens with one attached hydrogen (secondary N) is 1. The third-order valence-electron chi connectivity index (χ3n) is 4.08. The van der Waals surface area contributed by atoms with Crippen molar-refractivity contribution in [2.75, 3.05) is 52.6 Å². The molecule has 5 nitrogen and oxygen atoms in total. The van der Waals surface area contributed by atoms with Crippen LogP contribution < -0.4 is 5.32 Å². The molecule has 0 bridgehead atoms. The number of hydrogen-bond donors (Lipinski definition) is 2. The molecule has 0 aromatic carbocycles. The van der Waals surface area contributed by atoms with Crippen LogP contribution in [0.15, 0.2) is 0 Å². The van der Waals surface area contributed by atoms with Gasteiger partial charge in [-0.1, -0.05) is 0 Å². The Morgan fingerprint density at radius 1 is 1.25 bits per heavy atom. The Kier molecular flexibility index (Phi) is 7.24. The lowest BCUT2D eigenvalue weighted by molar-refractivity contribution is 0.00633. The fourth-order valence-corrected chi connectivity index (χ4v) is 2.80. The third-order valence-corrected chi connectivity index (χ3v) is 4.08. The molecule has 0 amide bonds. The Morgan fingerprint density at radius 3 is 2.80 bits per heavy atom. The van der Waals surface area contributed by atoms with Gasteiger partial charge in [-0.2, -0.15) is 0 Å². The van der Waals surface area contributed by atoms with Crippen molar-refractivity contribution in [3.63, 3.8) is 0 Å². The lowest BCUT2D eigenvalue weighted by Crippen LogP contribution is -2.34. The van der Waals surface area contributed by atoms with E-state index in [1.807, 2.05) is 6.92 Å². The highest BCUT2D eigenvalue weighted by atomic mass is 16.5. The van der Waals surface area contributed by atoms with Crippen molar-refractivity contribution in [1.29, 1.82) is 0 Å². The highest BCUT2D eigenvalue weighted by Gasteiger charge is 2.33. The largest absolute Gasteiger partial charge is 0.389 e. The Bertz CT molecular complexity index is 262. The normalized spacial score (nSPS) is 25.2. The van der Waals surface area contributed by atoms with Gasteiger partial charge in [0.15, 0.2) is 0 Å². The summed E-state index contributed by atoms with van der Waals surface area (Å²) in [5, 5.41) is 13.2. The van der Waals surface area contributed by atoms with Crippen molar-refractivity contribution < 1.29 is 14.6 Å². The first-order valence-corrected chi connectivity index (χ1v) is 8.08. The van der Waals surface area contributed by atoms with Crippen LogP contribution >= 0.6 is 0 Å². The summed E-state index contributed by atoms with van der Waals surface area (Å²) in [7, 11) is 0. The van der Waals surface area contributed by atoms with E-state index in [1.54, 1.807) is 0 Å². The number of likely N-dealkylation sites (tertiary alicyclic amines) is 1. The molecule has 0 radical (unpaired) electrons. The monoisotopic (exact) mass is 286 g/mol. The molecule has 2 N–H and O–H groups in total. The summed E-state index contributed by atoms with van der Waals surface area (Å²) in [6, 6.07) is 0.893. The van der Waals surface area contributed by atoms with Crippen molar-refractivity contribution in [1.82, 2.24) is 10.2 Å². The molecule has 20 heavy (non-hydrogen) atoms. The predicted molar refractivity (Wildman–Crippen MR) is 78.9 cm³/mol. The molecule has 0 spiro atoms. The number of aliphatic hydroxyl groups is 1. The van der Waals surface area contributed by atoms with Gasteiger partial charge in [-0.3, -0.25) is 0 Å².